The molecular weight excluding hydrogens is 452 g/mol. The van der Waals surface area contributed by atoms with Crippen LogP contribution in [0.25, 0.3) is 0 Å². The summed E-state index contributed by atoms with van der Waals surface area (Å²) in [6, 6.07) is 0. The summed E-state index contributed by atoms with van der Waals surface area (Å²) in [7, 11) is -3.92. The van der Waals surface area contributed by atoms with Gasteiger partial charge in [-0.05, 0) is 60.9 Å². The highest BCUT2D eigenvalue weighted by Gasteiger charge is 2.49. The van der Waals surface area contributed by atoms with E-state index < -0.39 is 16.6 Å². The lowest BCUT2D eigenvalue weighted by atomic mass is 9.62. The summed E-state index contributed by atoms with van der Waals surface area (Å²) in [5.74, 6) is 6.89. The summed E-state index contributed by atoms with van der Waals surface area (Å²) in [6.07, 6.45) is 7.32. The number of carbonyl (C=O) groups is 1. The third-order valence-electron chi connectivity index (χ3n) is 9.31. The van der Waals surface area contributed by atoms with Crippen LogP contribution in [0, 0.1) is 23.2 Å². The molecule has 0 N–H and O–H groups in total. The van der Waals surface area contributed by atoms with E-state index >= 15 is 0 Å². The molecule has 0 aliphatic heterocycles. The number of Topliss-reactive ketones (excluding diaryl/α,β-unsaturated/α-hetero) is 1. The minimum Gasteiger partial charge on any atom is -0.412 e. The second-order valence-electron chi connectivity index (χ2n) is 13.9. The lowest BCUT2D eigenvalue weighted by molar-refractivity contribution is -0.115. The zero-order valence-electron chi connectivity index (χ0n) is 24.1. The Bertz CT molecular complexity index is 813. The van der Waals surface area contributed by atoms with Crippen LogP contribution >= 0.6 is 0 Å². The van der Waals surface area contributed by atoms with Crippen molar-refractivity contribution in [2.75, 3.05) is 0 Å². The highest BCUT2D eigenvalue weighted by atomic mass is 28.4. The monoisotopic (exact) mass is 504 g/mol. The fourth-order valence-electron chi connectivity index (χ4n) is 4.71. The van der Waals surface area contributed by atoms with Gasteiger partial charge in [0.05, 0.1) is 18.1 Å². The molecule has 3 nitrogen and oxygen atoms in total. The van der Waals surface area contributed by atoms with Crippen molar-refractivity contribution in [3.8, 4) is 11.8 Å². The molecule has 0 unspecified atom stereocenters. The van der Waals surface area contributed by atoms with Crippen LogP contribution in [-0.2, 0) is 13.6 Å². The molecule has 2 rings (SSSR count). The van der Waals surface area contributed by atoms with Gasteiger partial charge in [0.25, 0.3) is 0 Å². The molecule has 0 amide bonds. The minimum atomic E-state index is -2.00. The smallest absolute Gasteiger partial charge is 0.192 e. The van der Waals surface area contributed by atoms with Gasteiger partial charge >= 0.3 is 0 Å². The number of ketones is 1. The molecule has 2 aliphatic carbocycles. The van der Waals surface area contributed by atoms with Crippen LogP contribution < -0.4 is 0 Å². The Kier molecular flexibility index (Phi) is 9.01. The summed E-state index contributed by atoms with van der Waals surface area (Å²) >= 11 is 0. The van der Waals surface area contributed by atoms with Crippen LogP contribution in [0.4, 0.5) is 0 Å². The van der Waals surface area contributed by atoms with Crippen LogP contribution in [0.2, 0.25) is 36.3 Å². The summed E-state index contributed by atoms with van der Waals surface area (Å²) < 4.78 is 13.7. The molecule has 2 aliphatic rings. The van der Waals surface area contributed by atoms with E-state index in [-0.39, 0.29) is 39.4 Å². The molecule has 194 valence electrons. The molecule has 0 heterocycles. The number of hydrogen-bond acceptors (Lipinski definition) is 3. The molecule has 2 fully saturated rings. The van der Waals surface area contributed by atoms with E-state index in [0.29, 0.717) is 12.0 Å². The van der Waals surface area contributed by atoms with Gasteiger partial charge in [0, 0.05) is 18.4 Å². The second kappa shape index (κ2) is 10.4. The Morgan fingerprint density at radius 2 is 1.62 bits per heavy atom. The van der Waals surface area contributed by atoms with Gasteiger partial charge in [0.2, 0.25) is 0 Å². The van der Waals surface area contributed by atoms with Crippen molar-refractivity contribution in [3.63, 3.8) is 0 Å². The van der Waals surface area contributed by atoms with Crippen molar-refractivity contribution < 1.29 is 13.6 Å². The van der Waals surface area contributed by atoms with Crippen molar-refractivity contribution in [1.82, 2.24) is 0 Å². The Balaban J connectivity index is 2.28. The van der Waals surface area contributed by atoms with Crippen molar-refractivity contribution in [3.05, 3.63) is 12.2 Å². The molecule has 34 heavy (non-hydrogen) atoms. The van der Waals surface area contributed by atoms with Crippen molar-refractivity contribution >= 4 is 22.4 Å². The first-order valence-corrected chi connectivity index (χ1v) is 19.2. The van der Waals surface area contributed by atoms with Gasteiger partial charge in [-0.15, -0.1) is 0 Å². The molecule has 0 aromatic heterocycles. The quantitative estimate of drug-likeness (QED) is 0.189. The van der Waals surface area contributed by atoms with E-state index in [2.05, 4.69) is 93.1 Å². The first-order chi connectivity index (χ1) is 15.4. The summed E-state index contributed by atoms with van der Waals surface area (Å²) in [6.45, 7) is 29.2. The molecule has 0 aromatic rings. The Hall–Kier alpha value is -0.676. The molecule has 0 aromatic carbocycles. The molecular formula is C29H52O3Si2. The first kappa shape index (κ1) is 29.6. The topological polar surface area (TPSA) is 35.5 Å². The average molecular weight is 505 g/mol. The molecule has 2 saturated carbocycles. The third kappa shape index (κ3) is 6.35. The highest BCUT2D eigenvalue weighted by molar-refractivity contribution is 6.74. The largest absolute Gasteiger partial charge is 0.412 e. The molecule has 5 heteroatoms. The number of carbonyl (C=O) groups excluding carboxylic acids is 1. The summed E-state index contributed by atoms with van der Waals surface area (Å²) in [4.78, 5) is 12.6. The maximum atomic E-state index is 12.6. The second-order valence-corrected chi connectivity index (χ2v) is 23.4. The van der Waals surface area contributed by atoms with Gasteiger partial charge in [-0.3, -0.25) is 4.79 Å². The molecule has 0 spiro atoms. The van der Waals surface area contributed by atoms with Gasteiger partial charge in [-0.25, -0.2) is 0 Å². The van der Waals surface area contributed by atoms with Crippen molar-refractivity contribution in [1.29, 1.82) is 0 Å². The van der Waals surface area contributed by atoms with E-state index in [4.69, 9.17) is 8.85 Å². The fraction of sp³-hybridized carbons (Fsp3) is 0.828. The van der Waals surface area contributed by atoms with Gasteiger partial charge in [0.1, 0.15) is 0 Å². The lowest BCUT2D eigenvalue weighted by Crippen LogP contribution is -2.51. The van der Waals surface area contributed by atoms with Crippen LogP contribution in [0.3, 0.4) is 0 Å². The van der Waals surface area contributed by atoms with E-state index in [0.717, 1.165) is 6.42 Å². The number of rotatable bonds is 8. The maximum Gasteiger partial charge on any atom is 0.192 e. The Morgan fingerprint density at radius 1 is 1.06 bits per heavy atom. The fourth-order valence-corrected chi connectivity index (χ4v) is 7.44. The van der Waals surface area contributed by atoms with E-state index in [1.54, 1.807) is 0 Å². The van der Waals surface area contributed by atoms with Crippen LogP contribution in [0.5, 0.6) is 0 Å². The van der Waals surface area contributed by atoms with Gasteiger partial charge in [-0.2, -0.15) is 0 Å². The van der Waals surface area contributed by atoms with Crippen molar-refractivity contribution in [2.24, 2.45) is 11.3 Å². The normalized spacial score (nSPS) is 24.4. The predicted molar refractivity (Wildman–Crippen MR) is 150 cm³/mol. The predicted octanol–water partition coefficient (Wildman–Crippen LogP) is 8.28. The van der Waals surface area contributed by atoms with Crippen LogP contribution in [-0.4, -0.2) is 34.6 Å². The average Bonchev–Trinajstić information content (AvgIpc) is 2.88. The van der Waals surface area contributed by atoms with Gasteiger partial charge in [-0.1, -0.05) is 79.7 Å². The summed E-state index contributed by atoms with van der Waals surface area (Å²) in [5, 5.41) is 0.265. The van der Waals surface area contributed by atoms with Crippen molar-refractivity contribution in [2.45, 2.75) is 142 Å². The zero-order chi connectivity index (χ0) is 26.2. The third-order valence-corrected chi connectivity index (χ3v) is 18.3. The van der Waals surface area contributed by atoms with Crippen LogP contribution in [0.15, 0.2) is 12.2 Å². The SMILES string of the molecule is C=C1C(=O)C[C@@H](O[Si](C)(C)C(C)(C)C)[C@@H]1C#CC[C@@H](O[Si](C)(C)C(C)(C)C)C1(CCC)CCC1. The lowest BCUT2D eigenvalue weighted by Gasteiger charge is -2.51. The number of hydrogen-bond donors (Lipinski definition) is 0. The first-order valence-electron chi connectivity index (χ1n) is 13.4. The van der Waals surface area contributed by atoms with Gasteiger partial charge in [0.15, 0.2) is 22.4 Å². The Morgan fingerprint density at radius 3 is 2.06 bits per heavy atom. The standard InChI is InChI=1S/C29H52O3Si2/c1-13-18-29(19-15-20-29)26(32-34(11,12)28(6,7)8)17-14-16-23-22(2)24(30)21-25(23)31-33(9,10)27(3,4)5/h23,25-26H,2,13,15,17-21H2,1,3-12H3/t23-,25-,26-/m1/s1. The summed E-state index contributed by atoms with van der Waals surface area (Å²) in [5.41, 5.74) is 0.892. The highest BCUT2D eigenvalue weighted by Crippen LogP contribution is 2.52. The van der Waals surface area contributed by atoms with E-state index in [1.807, 2.05) is 0 Å². The Labute approximate surface area is 213 Å². The minimum absolute atomic E-state index is 0.0941. The molecule has 0 radical (unpaired) electrons. The molecule has 0 bridgehead atoms. The molecule has 3 atom stereocenters. The van der Waals surface area contributed by atoms with Gasteiger partial charge < -0.3 is 8.85 Å². The molecule has 0 saturated heterocycles. The van der Waals surface area contributed by atoms with Crippen LogP contribution in [0.1, 0.15) is 93.4 Å². The maximum absolute atomic E-state index is 12.6. The van der Waals surface area contributed by atoms with E-state index in [9.17, 15) is 4.79 Å². The zero-order valence-corrected chi connectivity index (χ0v) is 26.1. The van der Waals surface area contributed by atoms with E-state index in [1.165, 1.54) is 32.1 Å².